The van der Waals surface area contributed by atoms with E-state index < -0.39 is 5.82 Å². The number of nitrogens with zero attached hydrogens (tertiary/aromatic N) is 3. The van der Waals surface area contributed by atoms with E-state index in [1.165, 1.54) is 31.4 Å². The quantitative estimate of drug-likeness (QED) is 0.608. The van der Waals surface area contributed by atoms with Crippen molar-refractivity contribution in [1.82, 2.24) is 14.4 Å². The first-order valence-corrected chi connectivity index (χ1v) is 10.9. The number of aromatic nitrogens is 1. The molecule has 0 radical (unpaired) electrons. The van der Waals surface area contributed by atoms with Gasteiger partial charge in [0.05, 0.1) is 12.8 Å². The average Bonchev–Trinajstić information content (AvgIpc) is 3.32. The number of para-hydroxylation sites is 2. The van der Waals surface area contributed by atoms with E-state index in [9.17, 15) is 18.8 Å². The molecule has 1 fully saturated rings. The molecule has 1 aliphatic heterocycles. The smallest absolute Gasteiger partial charge is 0.270 e. The van der Waals surface area contributed by atoms with Gasteiger partial charge in [0.25, 0.3) is 11.8 Å². The highest BCUT2D eigenvalue weighted by Crippen LogP contribution is 2.23. The summed E-state index contributed by atoms with van der Waals surface area (Å²) in [4.78, 5) is 41.7. The molecule has 0 spiro atoms. The summed E-state index contributed by atoms with van der Waals surface area (Å²) in [6.07, 6.45) is 1.68. The van der Waals surface area contributed by atoms with Crippen LogP contribution < -0.4 is 10.1 Å². The molecule has 2 heterocycles. The van der Waals surface area contributed by atoms with E-state index in [4.69, 9.17) is 4.74 Å². The summed E-state index contributed by atoms with van der Waals surface area (Å²) >= 11 is 0. The highest BCUT2D eigenvalue weighted by Gasteiger charge is 2.27. The molecule has 0 bridgehead atoms. The predicted molar refractivity (Wildman–Crippen MR) is 124 cm³/mol. The molecule has 4 rings (SSSR count). The first kappa shape index (κ1) is 23.0. The summed E-state index contributed by atoms with van der Waals surface area (Å²) in [6, 6.07) is 15.9. The molecule has 0 unspecified atom stereocenters. The zero-order valence-electron chi connectivity index (χ0n) is 18.7. The van der Waals surface area contributed by atoms with Crippen LogP contribution in [0.1, 0.15) is 20.8 Å². The van der Waals surface area contributed by atoms with Gasteiger partial charge in [-0.25, -0.2) is 4.39 Å². The third-order valence-corrected chi connectivity index (χ3v) is 5.69. The fourth-order valence-electron chi connectivity index (χ4n) is 3.89. The number of hydrogen-bond donors (Lipinski definition) is 1. The van der Waals surface area contributed by atoms with Crippen LogP contribution in [0.15, 0.2) is 66.9 Å². The number of nitrogens with one attached hydrogen (secondary N) is 1. The van der Waals surface area contributed by atoms with Crippen LogP contribution in [0.4, 0.5) is 10.1 Å². The molecule has 176 valence electrons. The summed E-state index contributed by atoms with van der Waals surface area (Å²) in [7, 11) is 1.53. The van der Waals surface area contributed by atoms with Crippen molar-refractivity contribution in [1.29, 1.82) is 0 Å². The van der Waals surface area contributed by atoms with Gasteiger partial charge in [-0.3, -0.25) is 14.4 Å². The number of rotatable bonds is 6. The van der Waals surface area contributed by atoms with Crippen molar-refractivity contribution >= 4 is 23.4 Å². The van der Waals surface area contributed by atoms with Crippen LogP contribution in [0, 0.1) is 5.82 Å². The highest BCUT2D eigenvalue weighted by atomic mass is 19.1. The third-order valence-electron chi connectivity index (χ3n) is 5.69. The zero-order valence-corrected chi connectivity index (χ0v) is 18.7. The molecule has 8 nitrogen and oxygen atoms in total. The molecule has 9 heteroatoms. The van der Waals surface area contributed by atoms with Crippen molar-refractivity contribution in [3.8, 4) is 5.75 Å². The number of hydrogen-bond acceptors (Lipinski definition) is 4. The van der Waals surface area contributed by atoms with Gasteiger partial charge in [0, 0.05) is 37.9 Å². The van der Waals surface area contributed by atoms with Crippen molar-refractivity contribution in [2.24, 2.45) is 0 Å². The van der Waals surface area contributed by atoms with E-state index >= 15 is 0 Å². The number of carbonyl (C=O) groups excluding carboxylic acids is 3. The van der Waals surface area contributed by atoms with Gasteiger partial charge in [-0.2, -0.15) is 0 Å². The number of amides is 3. The van der Waals surface area contributed by atoms with E-state index in [0.29, 0.717) is 48.9 Å². The Morgan fingerprint density at radius 1 is 0.882 bits per heavy atom. The van der Waals surface area contributed by atoms with Gasteiger partial charge < -0.3 is 24.4 Å². The second-order valence-electron chi connectivity index (χ2n) is 7.86. The van der Waals surface area contributed by atoms with Crippen LogP contribution in [0.3, 0.4) is 0 Å². The van der Waals surface area contributed by atoms with Crippen LogP contribution in [-0.4, -0.2) is 65.4 Å². The Morgan fingerprint density at radius 2 is 1.53 bits per heavy atom. The van der Waals surface area contributed by atoms with Gasteiger partial charge in [0.2, 0.25) is 5.91 Å². The van der Waals surface area contributed by atoms with Gasteiger partial charge >= 0.3 is 0 Å². The lowest BCUT2D eigenvalue weighted by molar-refractivity contribution is -0.116. The molecule has 1 saturated heterocycles. The zero-order chi connectivity index (χ0) is 24.1. The molecule has 0 saturated carbocycles. The number of halogens is 1. The largest absolute Gasteiger partial charge is 0.495 e. The lowest BCUT2D eigenvalue weighted by Gasteiger charge is -2.35. The summed E-state index contributed by atoms with van der Waals surface area (Å²) in [5.41, 5.74) is 1.36. The van der Waals surface area contributed by atoms with Gasteiger partial charge in [-0.05, 0) is 48.5 Å². The van der Waals surface area contributed by atoms with E-state index in [1.807, 2.05) is 6.07 Å². The monoisotopic (exact) mass is 464 g/mol. The molecule has 3 aromatic rings. The maximum absolute atomic E-state index is 13.1. The molecule has 34 heavy (non-hydrogen) atoms. The standard InChI is InChI=1S/C25H25FN4O4/c1-34-22-7-3-2-5-20(22)27-23(31)17-30-12-4-6-21(30)25(33)29-15-13-28(14-16-29)24(32)18-8-10-19(26)11-9-18/h2-12H,13-17H2,1H3,(H,27,31). The number of anilines is 1. The first-order chi connectivity index (χ1) is 16.5. The maximum Gasteiger partial charge on any atom is 0.270 e. The molecule has 0 atom stereocenters. The maximum atomic E-state index is 13.1. The second-order valence-corrected chi connectivity index (χ2v) is 7.86. The second kappa shape index (κ2) is 10.2. The Hall–Kier alpha value is -4.14. The Morgan fingerprint density at radius 3 is 2.21 bits per heavy atom. The van der Waals surface area contributed by atoms with Gasteiger partial charge in [-0.15, -0.1) is 0 Å². The van der Waals surface area contributed by atoms with Crippen molar-refractivity contribution in [2.75, 3.05) is 38.6 Å². The van der Waals surface area contributed by atoms with Crippen LogP contribution in [-0.2, 0) is 11.3 Å². The van der Waals surface area contributed by atoms with E-state index in [0.717, 1.165) is 0 Å². The van der Waals surface area contributed by atoms with Crippen molar-refractivity contribution < 1.29 is 23.5 Å². The lowest BCUT2D eigenvalue weighted by atomic mass is 10.1. The SMILES string of the molecule is COc1ccccc1NC(=O)Cn1cccc1C(=O)N1CCN(C(=O)c2ccc(F)cc2)CC1. The number of methoxy groups -OCH3 is 1. The summed E-state index contributed by atoms with van der Waals surface area (Å²) in [6.45, 7) is 1.44. The Labute approximate surface area is 196 Å². The normalized spacial score (nSPS) is 13.5. The minimum atomic E-state index is -0.397. The Balaban J connectivity index is 1.36. The van der Waals surface area contributed by atoms with Crippen molar-refractivity contribution in [3.63, 3.8) is 0 Å². The van der Waals surface area contributed by atoms with Gasteiger partial charge in [-0.1, -0.05) is 12.1 Å². The first-order valence-electron chi connectivity index (χ1n) is 10.9. The topological polar surface area (TPSA) is 83.9 Å². The number of ether oxygens (including phenoxy) is 1. The van der Waals surface area contributed by atoms with Crippen LogP contribution in [0.5, 0.6) is 5.75 Å². The third kappa shape index (κ3) is 5.09. The molecular formula is C25H25FN4O4. The predicted octanol–water partition coefficient (Wildman–Crippen LogP) is 2.87. The number of piperazine rings is 1. The molecule has 3 amide bonds. The molecule has 1 aliphatic rings. The van der Waals surface area contributed by atoms with Crippen molar-refractivity contribution in [3.05, 3.63) is 83.9 Å². The Kier molecular flexibility index (Phi) is 6.91. The fourth-order valence-corrected chi connectivity index (χ4v) is 3.89. The molecule has 1 aromatic heterocycles. The summed E-state index contributed by atoms with van der Waals surface area (Å²) in [5, 5.41) is 2.81. The number of carbonyl (C=O) groups is 3. The average molecular weight is 464 g/mol. The lowest BCUT2D eigenvalue weighted by Crippen LogP contribution is -2.51. The van der Waals surface area contributed by atoms with Gasteiger partial charge in [0.1, 0.15) is 23.8 Å². The van der Waals surface area contributed by atoms with E-state index in [2.05, 4.69) is 5.32 Å². The fraction of sp³-hybridized carbons (Fsp3) is 0.240. The van der Waals surface area contributed by atoms with Gasteiger partial charge in [0.15, 0.2) is 0 Å². The van der Waals surface area contributed by atoms with Crippen molar-refractivity contribution in [2.45, 2.75) is 6.54 Å². The Bertz CT molecular complexity index is 1180. The van der Waals surface area contributed by atoms with Crippen LogP contribution in [0.25, 0.3) is 0 Å². The minimum Gasteiger partial charge on any atom is -0.495 e. The van der Waals surface area contributed by atoms with E-state index in [1.54, 1.807) is 50.9 Å². The molecule has 2 aromatic carbocycles. The summed E-state index contributed by atoms with van der Waals surface area (Å²) < 4.78 is 20.0. The van der Waals surface area contributed by atoms with Crippen LogP contribution in [0.2, 0.25) is 0 Å². The minimum absolute atomic E-state index is 0.0326. The highest BCUT2D eigenvalue weighted by molar-refractivity contribution is 5.96. The molecule has 1 N–H and O–H groups in total. The number of benzene rings is 2. The van der Waals surface area contributed by atoms with E-state index in [-0.39, 0.29) is 24.3 Å². The van der Waals surface area contributed by atoms with Crippen LogP contribution >= 0.6 is 0 Å². The molecular weight excluding hydrogens is 439 g/mol. The molecule has 0 aliphatic carbocycles. The summed E-state index contributed by atoms with van der Waals surface area (Å²) in [5.74, 6) is -0.531.